The number of imidazole rings is 1. The fraction of sp³-hybridized carbons (Fsp3) is 0.235. The van der Waals surface area contributed by atoms with Crippen molar-refractivity contribution in [3.8, 4) is 0 Å². The third-order valence-corrected chi connectivity index (χ3v) is 5.20. The number of rotatable bonds is 4. The molecule has 120 valence electrons. The van der Waals surface area contributed by atoms with Crippen molar-refractivity contribution >= 4 is 26.7 Å². The molecule has 0 bridgehead atoms. The van der Waals surface area contributed by atoms with Gasteiger partial charge in [0.2, 0.25) is 0 Å². The highest BCUT2D eigenvalue weighted by molar-refractivity contribution is 7.92. The van der Waals surface area contributed by atoms with Crippen LogP contribution in [0.5, 0.6) is 0 Å². The third-order valence-electron chi connectivity index (χ3n) is 3.83. The Kier molecular flexibility index (Phi) is 3.85. The summed E-state index contributed by atoms with van der Waals surface area (Å²) in [7, 11) is -1.78. The number of fused-ring (bicyclic) bond motifs is 1. The van der Waals surface area contributed by atoms with Gasteiger partial charge in [-0.3, -0.25) is 4.72 Å². The minimum Gasteiger partial charge on any atom is -0.334 e. The molecule has 23 heavy (non-hydrogen) atoms. The fourth-order valence-electron chi connectivity index (χ4n) is 2.58. The summed E-state index contributed by atoms with van der Waals surface area (Å²) < 4.78 is 29.9. The summed E-state index contributed by atoms with van der Waals surface area (Å²) in [6.45, 7) is 4.07. The molecule has 1 N–H and O–H groups in total. The van der Waals surface area contributed by atoms with E-state index in [4.69, 9.17) is 0 Å². The average molecular weight is 329 g/mol. The Morgan fingerprint density at radius 3 is 2.61 bits per heavy atom. The summed E-state index contributed by atoms with van der Waals surface area (Å²) in [5.74, 6) is 0.229. The molecular formula is C17H19N3O2S. The van der Waals surface area contributed by atoms with E-state index in [-0.39, 0.29) is 10.8 Å². The predicted molar refractivity (Wildman–Crippen MR) is 92.1 cm³/mol. The second-order valence-corrected chi connectivity index (χ2v) is 7.54. The first-order valence-corrected chi connectivity index (χ1v) is 8.89. The summed E-state index contributed by atoms with van der Waals surface area (Å²) in [6, 6.07) is 12.4. The van der Waals surface area contributed by atoms with Gasteiger partial charge in [-0.1, -0.05) is 32.0 Å². The number of aryl methyl sites for hydroxylation is 1. The Morgan fingerprint density at radius 2 is 1.87 bits per heavy atom. The zero-order valence-electron chi connectivity index (χ0n) is 13.3. The Morgan fingerprint density at radius 1 is 1.13 bits per heavy atom. The minimum absolute atomic E-state index is 0.210. The van der Waals surface area contributed by atoms with Gasteiger partial charge >= 0.3 is 0 Å². The van der Waals surface area contributed by atoms with E-state index in [2.05, 4.69) is 9.71 Å². The summed E-state index contributed by atoms with van der Waals surface area (Å²) >= 11 is 0. The van der Waals surface area contributed by atoms with Gasteiger partial charge in [0.15, 0.2) is 0 Å². The zero-order chi connectivity index (χ0) is 16.6. The second kappa shape index (κ2) is 5.70. The molecule has 0 unspecified atom stereocenters. The van der Waals surface area contributed by atoms with Gasteiger partial charge < -0.3 is 4.57 Å². The van der Waals surface area contributed by atoms with Crippen LogP contribution >= 0.6 is 0 Å². The van der Waals surface area contributed by atoms with Crippen LogP contribution in [0.2, 0.25) is 0 Å². The molecule has 2 aromatic carbocycles. The lowest BCUT2D eigenvalue weighted by Gasteiger charge is -2.14. The monoisotopic (exact) mass is 329 g/mol. The molecule has 0 aliphatic heterocycles. The first-order chi connectivity index (χ1) is 10.9. The minimum atomic E-state index is -3.65. The summed E-state index contributed by atoms with van der Waals surface area (Å²) in [6.07, 6.45) is 1.67. The van der Waals surface area contributed by atoms with Gasteiger partial charge in [0, 0.05) is 7.05 Å². The second-order valence-electron chi connectivity index (χ2n) is 5.85. The van der Waals surface area contributed by atoms with Crippen LogP contribution in [0.15, 0.2) is 53.7 Å². The van der Waals surface area contributed by atoms with Gasteiger partial charge in [0.05, 0.1) is 27.9 Å². The lowest BCUT2D eigenvalue weighted by molar-refractivity contribution is 0.601. The van der Waals surface area contributed by atoms with Crippen LogP contribution in [0, 0.1) is 0 Å². The maximum atomic E-state index is 12.7. The smallest absolute Gasteiger partial charge is 0.261 e. The summed E-state index contributed by atoms with van der Waals surface area (Å²) in [5.41, 5.74) is 3.14. The molecule has 0 spiro atoms. The molecule has 3 rings (SSSR count). The Balaban J connectivity index is 2.01. The van der Waals surface area contributed by atoms with Crippen LogP contribution in [0.25, 0.3) is 11.0 Å². The van der Waals surface area contributed by atoms with E-state index in [1.165, 1.54) is 0 Å². The summed E-state index contributed by atoms with van der Waals surface area (Å²) in [5, 5.41) is 0. The Labute approximate surface area is 136 Å². The fourth-order valence-corrected chi connectivity index (χ4v) is 3.69. The molecule has 0 atom stereocenters. The number of sulfonamides is 1. The lowest BCUT2D eigenvalue weighted by Crippen LogP contribution is -2.14. The van der Waals surface area contributed by atoms with Gasteiger partial charge in [-0.05, 0) is 35.7 Å². The molecule has 3 aromatic rings. The number of nitrogens with zero attached hydrogens (tertiary/aromatic N) is 2. The quantitative estimate of drug-likeness (QED) is 0.797. The number of anilines is 1. The maximum absolute atomic E-state index is 12.7. The molecule has 0 amide bonds. The van der Waals surface area contributed by atoms with Crippen molar-refractivity contribution in [1.29, 1.82) is 0 Å². The van der Waals surface area contributed by atoms with E-state index in [1.54, 1.807) is 30.6 Å². The first-order valence-electron chi connectivity index (χ1n) is 7.41. The van der Waals surface area contributed by atoms with E-state index in [1.807, 2.05) is 43.7 Å². The first kappa shape index (κ1) is 15.6. The highest BCUT2D eigenvalue weighted by Crippen LogP contribution is 2.27. The molecule has 1 heterocycles. The zero-order valence-corrected chi connectivity index (χ0v) is 14.1. The molecule has 0 saturated carbocycles. The van der Waals surface area contributed by atoms with Crippen LogP contribution < -0.4 is 4.72 Å². The van der Waals surface area contributed by atoms with Crippen LogP contribution in [-0.2, 0) is 17.1 Å². The number of hydrogen-bond acceptors (Lipinski definition) is 3. The van der Waals surface area contributed by atoms with Crippen molar-refractivity contribution in [3.63, 3.8) is 0 Å². The molecule has 0 aliphatic rings. The molecule has 1 aromatic heterocycles. The van der Waals surface area contributed by atoms with Crippen molar-refractivity contribution in [1.82, 2.24) is 9.55 Å². The van der Waals surface area contributed by atoms with Gasteiger partial charge in [0.1, 0.15) is 0 Å². The van der Waals surface area contributed by atoms with Crippen LogP contribution in [-0.4, -0.2) is 18.0 Å². The highest BCUT2D eigenvalue weighted by atomic mass is 32.2. The largest absolute Gasteiger partial charge is 0.334 e. The molecule has 5 nitrogen and oxygen atoms in total. The van der Waals surface area contributed by atoms with Gasteiger partial charge in [-0.25, -0.2) is 13.4 Å². The topological polar surface area (TPSA) is 64.0 Å². The number of para-hydroxylation sites is 1. The third kappa shape index (κ3) is 2.94. The van der Waals surface area contributed by atoms with E-state index >= 15 is 0 Å². The SMILES string of the molecule is CC(C)c1ccccc1NS(=O)(=O)c1ccc2c(c1)ncn2C. The van der Waals surface area contributed by atoms with Crippen molar-refractivity contribution in [2.75, 3.05) is 4.72 Å². The standard InChI is InChI=1S/C17H19N3O2S/c1-12(2)14-6-4-5-7-15(14)19-23(21,22)13-8-9-17-16(10-13)18-11-20(17)3/h4-12,19H,1-3H3. The maximum Gasteiger partial charge on any atom is 0.261 e. The molecular weight excluding hydrogens is 310 g/mol. The van der Waals surface area contributed by atoms with Crippen molar-refractivity contribution in [3.05, 3.63) is 54.4 Å². The van der Waals surface area contributed by atoms with Gasteiger partial charge in [-0.15, -0.1) is 0 Å². The van der Waals surface area contributed by atoms with Crippen LogP contribution in [0.4, 0.5) is 5.69 Å². The molecule has 0 aliphatic carbocycles. The molecule has 0 fully saturated rings. The Hall–Kier alpha value is -2.34. The van der Waals surface area contributed by atoms with E-state index < -0.39 is 10.0 Å². The normalized spacial score (nSPS) is 12.0. The molecule has 0 radical (unpaired) electrons. The van der Waals surface area contributed by atoms with E-state index in [0.29, 0.717) is 11.2 Å². The van der Waals surface area contributed by atoms with Crippen LogP contribution in [0.1, 0.15) is 25.3 Å². The van der Waals surface area contributed by atoms with Crippen molar-refractivity contribution in [2.24, 2.45) is 7.05 Å². The Bertz CT molecular complexity index is 959. The van der Waals surface area contributed by atoms with Crippen molar-refractivity contribution < 1.29 is 8.42 Å². The predicted octanol–water partition coefficient (Wildman–Crippen LogP) is 3.50. The van der Waals surface area contributed by atoms with E-state index in [9.17, 15) is 8.42 Å². The molecule has 0 saturated heterocycles. The highest BCUT2D eigenvalue weighted by Gasteiger charge is 2.18. The molecule has 6 heteroatoms. The van der Waals surface area contributed by atoms with Crippen molar-refractivity contribution in [2.45, 2.75) is 24.7 Å². The number of hydrogen-bond donors (Lipinski definition) is 1. The summed E-state index contributed by atoms with van der Waals surface area (Å²) in [4.78, 5) is 4.43. The van der Waals surface area contributed by atoms with Gasteiger partial charge in [0.25, 0.3) is 10.0 Å². The average Bonchev–Trinajstić information content (AvgIpc) is 2.88. The number of aromatic nitrogens is 2. The van der Waals surface area contributed by atoms with E-state index in [0.717, 1.165) is 11.1 Å². The number of nitrogens with one attached hydrogen (secondary N) is 1. The number of benzene rings is 2. The van der Waals surface area contributed by atoms with Crippen LogP contribution in [0.3, 0.4) is 0 Å². The van der Waals surface area contributed by atoms with Gasteiger partial charge in [-0.2, -0.15) is 0 Å². The lowest BCUT2D eigenvalue weighted by atomic mass is 10.0.